The Morgan fingerprint density at radius 3 is 2.77 bits per heavy atom. The Labute approximate surface area is 75.9 Å². The number of amides is 1. The first-order valence-corrected chi connectivity index (χ1v) is 3.77. The number of nitrogens with zero attached hydrogens (tertiary/aromatic N) is 3. The van der Waals surface area contributed by atoms with E-state index in [1.165, 1.54) is 18.6 Å². The lowest BCUT2D eigenvalue weighted by Crippen LogP contribution is -2.19. The minimum Gasteiger partial charge on any atom is -0.265 e. The maximum Gasteiger partial charge on any atom is 0.291 e. The average Bonchev–Trinajstić information content (AvgIpc) is 2.15. The Hall–Kier alpha value is -1.78. The van der Waals surface area contributed by atoms with Gasteiger partial charge in [-0.1, -0.05) is 0 Å². The first-order chi connectivity index (χ1) is 6.20. The molecule has 68 valence electrons. The highest BCUT2D eigenvalue weighted by Crippen LogP contribution is 1.89. The second kappa shape index (κ2) is 4.30. The zero-order valence-corrected chi connectivity index (χ0v) is 7.48. The zero-order chi connectivity index (χ0) is 9.68. The first-order valence-electron chi connectivity index (χ1n) is 3.77. The summed E-state index contributed by atoms with van der Waals surface area (Å²) in [5.74, 6) is -0.352. The average molecular weight is 178 g/mol. The maximum absolute atomic E-state index is 11.2. The van der Waals surface area contributed by atoms with Crippen molar-refractivity contribution in [2.75, 3.05) is 0 Å². The van der Waals surface area contributed by atoms with Crippen molar-refractivity contribution in [2.45, 2.75) is 13.8 Å². The number of hydrogen-bond donors (Lipinski definition) is 1. The quantitative estimate of drug-likeness (QED) is 0.532. The fraction of sp³-hybridized carbons (Fsp3) is 0.250. The molecular formula is C8H10N4O. The van der Waals surface area contributed by atoms with Gasteiger partial charge in [0.05, 0.1) is 6.20 Å². The summed E-state index contributed by atoms with van der Waals surface area (Å²) < 4.78 is 0. The molecule has 5 heteroatoms. The molecule has 13 heavy (non-hydrogen) atoms. The van der Waals surface area contributed by atoms with E-state index in [2.05, 4.69) is 20.5 Å². The van der Waals surface area contributed by atoms with Crippen molar-refractivity contribution in [3.8, 4) is 0 Å². The molecule has 0 atom stereocenters. The third kappa shape index (κ3) is 2.98. The topological polar surface area (TPSA) is 67.2 Å². The number of carbonyl (C=O) groups excluding carboxylic acids is 1. The molecule has 1 N–H and O–H groups in total. The van der Waals surface area contributed by atoms with Crippen LogP contribution in [-0.2, 0) is 0 Å². The van der Waals surface area contributed by atoms with E-state index in [9.17, 15) is 4.79 Å². The molecule has 1 rings (SSSR count). The van der Waals surface area contributed by atoms with Crippen molar-refractivity contribution in [3.63, 3.8) is 0 Å². The molecule has 0 aliphatic rings. The molecule has 1 heterocycles. The van der Waals surface area contributed by atoms with Gasteiger partial charge in [-0.2, -0.15) is 5.10 Å². The molecule has 1 amide bonds. The molecule has 0 aliphatic carbocycles. The lowest BCUT2D eigenvalue weighted by atomic mass is 10.4. The number of carbonyl (C=O) groups is 1. The number of hydrazone groups is 1. The van der Waals surface area contributed by atoms with Crippen LogP contribution in [0.4, 0.5) is 0 Å². The minimum absolute atomic E-state index is 0.257. The van der Waals surface area contributed by atoms with Crippen LogP contribution in [-0.4, -0.2) is 21.6 Å². The second-order valence-electron chi connectivity index (χ2n) is 2.59. The molecule has 0 saturated carbocycles. The number of rotatable bonds is 2. The van der Waals surface area contributed by atoms with Gasteiger partial charge < -0.3 is 0 Å². The van der Waals surface area contributed by atoms with E-state index in [0.29, 0.717) is 0 Å². The maximum atomic E-state index is 11.2. The van der Waals surface area contributed by atoms with Gasteiger partial charge in [-0.15, -0.1) is 0 Å². The highest BCUT2D eigenvalue weighted by molar-refractivity contribution is 5.92. The predicted octanol–water partition coefficient (Wildman–Crippen LogP) is 0.602. The summed E-state index contributed by atoms with van der Waals surface area (Å²) in [5.41, 5.74) is 3.38. The smallest absolute Gasteiger partial charge is 0.265 e. The Morgan fingerprint density at radius 2 is 2.23 bits per heavy atom. The lowest BCUT2D eigenvalue weighted by Gasteiger charge is -1.97. The van der Waals surface area contributed by atoms with Crippen LogP contribution in [0.5, 0.6) is 0 Å². The number of hydrogen-bond acceptors (Lipinski definition) is 4. The lowest BCUT2D eigenvalue weighted by molar-refractivity contribution is 0.0949. The van der Waals surface area contributed by atoms with E-state index < -0.39 is 0 Å². The molecule has 0 unspecified atom stereocenters. The molecule has 0 saturated heterocycles. The standard InChI is InChI=1S/C8H10N4O/c1-6(2)11-12-8(13)7-5-9-3-4-10-7/h3-5H,1-2H3,(H,12,13). The van der Waals surface area contributed by atoms with Crippen LogP contribution >= 0.6 is 0 Å². The van der Waals surface area contributed by atoms with E-state index >= 15 is 0 Å². The van der Waals surface area contributed by atoms with Crippen LogP contribution in [0, 0.1) is 0 Å². The van der Waals surface area contributed by atoms with Crippen LogP contribution in [0.2, 0.25) is 0 Å². The van der Waals surface area contributed by atoms with Crippen LogP contribution in [0.3, 0.4) is 0 Å². The molecule has 1 aromatic rings. The summed E-state index contributed by atoms with van der Waals surface area (Å²) in [5, 5.41) is 3.75. The van der Waals surface area contributed by atoms with Crippen molar-refractivity contribution in [3.05, 3.63) is 24.3 Å². The molecule has 0 spiro atoms. The van der Waals surface area contributed by atoms with Gasteiger partial charge in [0.2, 0.25) is 0 Å². The van der Waals surface area contributed by atoms with Gasteiger partial charge in [0.1, 0.15) is 5.69 Å². The molecular weight excluding hydrogens is 168 g/mol. The monoisotopic (exact) mass is 178 g/mol. The van der Waals surface area contributed by atoms with Crippen LogP contribution in [0.15, 0.2) is 23.7 Å². The van der Waals surface area contributed by atoms with E-state index in [1.54, 1.807) is 13.8 Å². The van der Waals surface area contributed by atoms with Crippen LogP contribution in [0.1, 0.15) is 24.3 Å². The Kier molecular flexibility index (Phi) is 3.08. The van der Waals surface area contributed by atoms with Gasteiger partial charge in [-0.3, -0.25) is 9.78 Å². The Bertz CT molecular complexity index is 316. The summed E-state index contributed by atoms with van der Waals surface area (Å²) in [6.45, 7) is 3.58. The van der Waals surface area contributed by atoms with Gasteiger partial charge in [0, 0.05) is 18.1 Å². The minimum atomic E-state index is -0.352. The van der Waals surface area contributed by atoms with Crippen molar-refractivity contribution >= 4 is 11.6 Å². The zero-order valence-electron chi connectivity index (χ0n) is 7.48. The third-order valence-electron chi connectivity index (χ3n) is 1.18. The predicted molar refractivity (Wildman–Crippen MR) is 48.3 cm³/mol. The van der Waals surface area contributed by atoms with Gasteiger partial charge >= 0.3 is 0 Å². The van der Waals surface area contributed by atoms with Crippen molar-refractivity contribution < 1.29 is 4.79 Å². The molecule has 0 bridgehead atoms. The number of aromatic nitrogens is 2. The van der Waals surface area contributed by atoms with Gasteiger partial charge in [0.25, 0.3) is 5.91 Å². The highest BCUT2D eigenvalue weighted by atomic mass is 16.2. The summed E-state index contributed by atoms with van der Waals surface area (Å²) in [7, 11) is 0. The van der Waals surface area contributed by atoms with Crippen molar-refractivity contribution in [2.24, 2.45) is 5.10 Å². The van der Waals surface area contributed by atoms with E-state index in [1.807, 2.05) is 0 Å². The first kappa shape index (κ1) is 9.31. The molecule has 0 aromatic carbocycles. The SMILES string of the molecule is CC(C)=NNC(=O)c1cnccn1. The molecule has 0 fully saturated rings. The van der Waals surface area contributed by atoms with Gasteiger partial charge in [-0.25, -0.2) is 10.4 Å². The third-order valence-corrected chi connectivity index (χ3v) is 1.18. The van der Waals surface area contributed by atoms with Gasteiger partial charge in [0.15, 0.2) is 0 Å². The van der Waals surface area contributed by atoms with E-state index in [0.717, 1.165) is 5.71 Å². The van der Waals surface area contributed by atoms with E-state index in [-0.39, 0.29) is 11.6 Å². The summed E-state index contributed by atoms with van der Waals surface area (Å²) in [6.07, 6.45) is 4.35. The van der Waals surface area contributed by atoms with Crippen LogP contribution < -0.4 is 5.43 Å². The summed E-state index contributed by atoms with van der Waals surface area (Å²) >= 11 is 0. The fourth-order valence-electron chi connectivity index (χ4n) is 0.636. The Balaban J connectivity index is 2.65. The van der Waals surface area contributed by atoms with Crippen LogP contribution in [0.25, 0.3) is 0 Å². The molecule has 5 nitrogen and oxygen atoms in total. The Morgan fingerprint density at radius 1 is 1.46 bits per heavy atom. The van der Waals surface area contributed by atoms with Crippen molar-refractivity contribution in [1.82, 2.24) is 15.4 Å². The molecule has 1 aromatic heterocycles. The number of nitrogens with one attached hydrogen (secondary N) is 1. The largest absolute Gasteiger partial charge is 0.291 e. The normalized spacial score (nSPS) is 9.08. The highest BCUT2D eigenvalue weighted by Gasteiger charge is 2.03. The second-order valence-corrected chi connectivity index (χ2v) is 2.59. The fourth-order valence-corrected chi connectivity index (χ4v) is 0.636. The summed E-state index contributed by atoms with van der Waals surface area (Å²) in [4.78, 5) is 18.8. The molecule has 0 aliphatic heterocycles. The van der Waals surface area contributed by atoms with Crippen molar-refractivity contribution in [1.29, 1.82) is 0 Å². The molecule has 0 radical (unpaired) electrons. The van der Waals surface area contributed by atoms with Gasteiger partial charge in [-0.05, 0) is 13.8 Å². The summed E-state index contributed by atoms with van der Waals surface area (Å²) in [6, 6.07) is 0. The van der Waals surface area contributed by atoms with E-state index in [4.69, 9.17) is 0 Å².